The predicted molar refractivity (Wildman–Crippen MR) is 148 cm³/mol. The predicted octanol–water partition coefficient (Wildman–Crippen LogP) is 1.89. The lowest BCUT2D eigenvalue weighted by molar-refractivity contribution is -0.0202. The third-order valence-corrected chi connectivity index (χ3v) is 6.96. The summed E-state index contributed by atoms with van der Waals surface area (Å²) in [6, 6.07) is 6.15. The van der Waals surface area contributed by atoms with Crippen LogP contribution in [0.2, 0.25) is 0 Å². The van der Waals surface area contributed by atoms with E-state index < -0.39 is 0 Å². The van der Waals surface area contributed by atoms with E-state index >= 15 is 0 Å². The third kappa shape index (κ3) is 11.7. The van der Waals surface area contributed by atoms with Crippen molar-refractivity contribution in [3.63, 3.8) is 0 Å². The van der Waals surface area contributed by atoms with Gasteiger partial charge in [0.2, 0.25) is 0 Å². The number of rotatable bonds is 22. The number of hydrogen-bond acceptors (Lipinski definition) is 10. The van der Waals surface area contributed by atoms with Crippen LogP contribution in [-0.2, 0) is 34.8 Å². The molecule has 0 spiro atoms. The van der Waals surface area contributed by atoms with Gasteiger partial charge in [0.15, 0.2) is 0 Å². The van der Waals surface area contributed by atoms with Crippen LogP contribution < -0.4 is 10.6 Å². The van der Waals surface area contributed by atoms with E-state index in [4.69, 9.17) is 39.3 Å². The topological polar surface area (TPSA) is 125 Å². The number of fused-ring (bicyclic) bond motifs is 1. The summed E-state index contributed by atoms with van der Waals surface area (Å²) in [5.74, 6) is 0.456. The van der Waals surface area contributed by atoms with Crippen molar-refractivity contribution in [1.82, 2.24) is 0 Å². The first-order valence-corrected chi connectivity index (χ1v) is 13.8. The van der Waals surface area contributed by atoms with Crippen molar-refractivity contribution >= 4 is 11.4 Å². The lowest BCUT2D eigenvalue weighted by Crippen LogP contribution is -2.55. The summed E-state index contributed by atoms with van der Waals surface area (Å²) >= 11 is 0. The Kier molecular flexibility index (Phi) is 16.1. The van der Waals surface area contributed by atoms with Gasteiger partial charge in [0.05, 0.1) is 85.4 Å². The highest BCUT2D eigenvalue weighted by molar-refractivity contribution is 5.63. The van der Waals surface area contributed by atoms with Crippen molar-refractivity contribution in [3.05, 3.63) is 23.8 Å². The van der Waals surface area contributed by atoms with Gasteiger partial charge < -0.3 is 49.3 Å². The maximum Gasteiger partial charge on any atom is 0.0773 e. The van der Waals surface area contributed by atoms with E-state index in [-0.39, 0.29) is 24.9 Å². The normalized spacial score (nSPS) is 17.5. The first-order chi connectivity index (χ1) is 18.4. The highest BCUT2D eigenvalue weighted by Crippen LogP contribution is 2.41. The minimum absolute atomic E-state index is 0.00858. The second-order valence-electron chi connectivity index (χ2n) is 10.0. The molecule has 0 aromatic heterocycles. The summed E-state index contributed by atoms with van der Waals surface area (Å²) in [5, 5.41) is 17.9. The molecule has 0 aliphatic carbocycles. The molecule has 0 saturated heterocycles. The Labute approximate surface area is 228 Å². The van der Waals surface area contributed by atoms with Crippen LogP contribution in [0, 0.1) is 5.92 Å². The lowest BCUT2D eigenvalue weighted by Gasteiger charge is -2.50. The number of nitrogens with two attached hydrogens (primary N) is 1. The fourth-order valence-electron chi connectivity index (χ4n) is 4.43. The van der Waals surface area contributed by atoms with Crippen LogP contribution in [0.15, 0.2) is 18.2 Å². The van der Waals surface area contributed by atoms with Gasteiger partial charge in [-0.15, -0.1) is 0 Å². The molecule has 1 aliphatic heterocycles. The fourth-order valence-corrected chi connectivity index (χ4v) is 4.43. The van der Waals surface area contributed by atoms with Gasteiger partial charge >= 0.3 is 0 Å². The van der Waals surface area contributed by atoms with Gasteiger partial charge in [-0.2, -0.15) is 0 Å². The van der Waals surface area contributed by atoms with Crippen LogP contribution in [0.3, 0.4) is 0 Å². The smallest absolute Gasteiger partial charge is 0.0773 e. The second kappa shape index (κ2) is 18.7. The molecular formula is C28H50N2O8. The zero-order valence-electron chi connectivity index (χ0n) is 23.6. The highest BCUT2D eigenvalue weighted by atomic mass is 16.6. The van der Waals surface area contributed by atoms with Crippen molar-refractivity contribution in [2.24, 2.45) is 5.92 Å². The minimum atomic E-state index is -0.0742. The summed E-state index contributed by atoms with van der Waals surface area (Å²) in [5.41, 5.74) is 9.28. The van der Waals surface area contributed by atoms with Crippen LogP contribution in [0.1, 0.15) is 32.8 Å². The van der Waals surface area contributed by atoms with Gasteiger partial charge in [0.25, 0.3) is 0 Å². The van der Waals surface area contributed by atoms with Crippen LogP contribution >= 0.6 is 0 Å². The van der Waals surface area contributed by atoms with E-state index in [9.17, 15) is 5.11 Å². The summed E-state index contributed by atoms with van der Waals surface area (Å²) in [7, 11) is 0. The van der Waals surface area contributed by atoms with Gasteiger partial charge in [0, 0.05) is 30.1 Å². The number of benzene rings is 1. The Hall–Kier alpha value is -1.50. The molecule has 2 atom stereocenters. The molecule has 0 bridgehead atoms. The number of anilines is 2. The molecule has 10 heteroatoms. The fraction of sp³-hybridized carbons (Fsp3) is 0.786. The van der Waals surface area contributed by atoms with E-state index in [0.717, 1.165) is 18.5 Å². The van der Waals surface area contributed by atoms with Crippen LogP contribution in [0.4, 0.5) is 11.4 Å². The second-order valence-corrected chi connectivity index (χ2v) is 10.0. The van der Waals surface area contributed by atoms with Crippen molar-refractivity contribution < 1.29 is 38.6 Å². The maximum atomic E-state index is 9.34. The van der Waals surface area contributed by atoms with E-state index in [2.05, 4.69) is 37.8 Å². The molecule has 0 amide bonds. The number of ether oxygens (including phenoxy) is 6. The van der Waals surface area contributed by atoms with Gasteiger partial charge in [0.1, 0.15) is 0 Å². The van der Waals surface area contributed by atoms with Crippen molar-refractivity contribution in [2.45, 2.75) is 45.3 Å². The van der Waals surface area contributed by atoms with Gasteiger partial charge in [-0.05, 0) is 56.4 Å². The number of nitrogen functional groups attached to an aromatic ring is 1. The molecule has 4 N–H and O–H groups in total. The molecule has 38 heavy (non-hydrogen) atoms. The largest absolute Gasteiger partial charge is 0.399 e. The highest BCUT2D eigenvalue weighted by Gasteiger charge is 2.39. The molecular weight excluding hydrogens is 492 g/mol. The van der Waals surface area contributed by atoms with Crippen molar-refractivity contribution in [2.75, 3.05) is 103 Å². The molecule has 0 saturated carbocycles. The quantitative estimate of drug-likeness (QED) is 0.148. The lowest BCUT2D eigenvalue weighted by atomic mass is 9.77. The van der Waals surface area contributed by atoms with E-state index in [0.29, 0.717) is 85.1 Å². The maximum absolute atomic E-state index is 9.34. The molecule has 1 aliphatic rings. The summed E-state index contributed by atoms with van der Waals surface area (Å²) in [6.07, 6.45) is 1.64. The summed E-state index contributed by atoms with van der Waals surface area (Å²) in [6.45, 7) is 12.7. The van der Waals surface area contributed by atoms with Gasteiger partial charge in [-0.25, -0.2) is 0 Å². The molecule has 1 aromatic carbocycles. The Morgan fingerprint density at radius 3 is 1.92 bits per heavy atom. The first kappa shape index (κ1) is 32.7. The third-order valence-electron chi connectivity index (χ3n) is 6.96. The molecule has 10 nitrogen and oxygen atoms in total. The summed E-state index contributed by atoms with van der Waals surface area (Å²) < 4.78 is 33.3. The Bertz CT molecular complexity index is 752. The minimum Gasteiger partial charge on any atom is -0.399 e. The number of aliphatic hydroxyl groups excluding tert-OH is 2. The number of nitrogens with zero attached hydrogens (tertiary/aromatic N) is 1. The zero-order valence-corrected chi connectivity index (χ0v) is 23.6. The molecule has 0 radical (unpaired) electrons. The number of aliphatic hydroxyl groups is 2. The number of hydrogen-bond donors (Lipinski definition) is 3. The Morgan fingerprint density at radius 2 is 1.37 bits per heavy atom. The standard InChI is InChI=1S/C28H50N2O8/c1-23-20-24-21-25(29)4-5-27(24)30(28(23,2)3)22-26(38-11-8-32)6-9-33-12-14-35-16-18-37-19-17-36-15-13-34-10-7-31/h4-5,21,23,26,31-32H,6-20,22,29H2,1-3H3. The first-order valence-electron chi connectivity index (χ1n) is 13.8. The molecule has 2 rings (SSSR count). The molecule has 2 unspecified atom stereocenters. The van der Waals surface area contributed by atoms with E-state index in [1.807, 2.05) is 6.07 Å². The summed E-state index contributed by atoms with van der Waals surface area (Å²) in [4.78, 5) is 2.43. The Morgan fingerprint density at radius 1 is 0.842 bits per heavy atom. The van der Waals surface area contributed by atoms with E-state index in [1.165, 1.54) is 11.3 Å². The molecule has 1 aromatic rings. The van der Waals surface area contributed by atoms with Crippen LogP contribution in [0.5, 0.6) is 0 Å². The van der Waals surface area contributed by atoms with Crippen molar-refractivity contribution in [1.29, 1.82) is 0 Å². The molecule has 220 valence electrons. The molecule has 0 fully saturated rings. The Balaban J connectivity index is 1.63. The monoisotopic (exact) mass is 542 g/mol. The van der Waals surface area contributed by atoms with Crippen molar-refractivity contribution in [3.8, 4) is 0 Å². The average molecular weight is 543 g/mol. The average Bonchev–Trinajstić information content (AvgIpc) is 2.89. The van der Waals surface area contributed by atoms with Gasteiger partial charge in [-0.1, -0.05) is 6.92 Å². The van der Waals surface area contributed by atoms with Crippen LogP contribution in [0.25, 0.3) is 0 Å². The molecule has 1 heterocycles. The van der Waals surface area contributed by atoms with Gasteiger partial charge in [-0.3, -0.25) is 0 Å². The van der Waals surface area contributed by atoms with E-state index in [1.54, 1.807) is 0 Å². The zero-order chi connectivity index (χ0) is 27.6. The van der Waals surface area contributed by atoms with Crippen LogP contribution in [-0.4, -0.2) is 114 Å². The SMILES string of the molecule is CC1Cc2cc(N)ccc2N(CC(CCOCCOCCOCCOCCOCCO)OCCO)C1(C)C.